The van der Waals surface area contributed by atoms with Gasteiger partial charge in [0.2, 0.25) is 0 Å². The first kappa shape index (κ1) is 15.4. The Balaban J connectivity index is 1.77. The van der Waals surface area contributed by atoms with Crippen molar-refractivity contribution >= 4 is 0 Å². The van der Waals surface area contributed by atoms with Crippen LogP contribution in [-0.4, -0.2) is 23.1 Å². The predicted molar refractivity (Wildman–Crippen MR) is 84.4 cm³/mol. The van der Waals surface area contributed by atoms with Gasteiger partial charge in [-0.2, -0.15) is 0 Å². The lowest BCUT2D eigenvalue weighted by Gasteiger charge is -2.08. The van der Waals surface area contributed by atoms with Crippen LogP contribution in [0.15, 0.2) is 36.5 Å². The Hall–Kier alpha value is -1.94. The smallest absolute Gasteiger partial charge is 0.316 e. The van der Waals surface area contributed by atoms with Gasteiger partial charge in [-0.05, 0) is 31.9 Å². The van der Waals surface area contributed by atoms with E-state index in [2.05, 4.69) is 46.5 Å². The normalized spacial score (nSPS) is 10.6. The van der Waals surface area contributed by atoms with Crippen molar-refractivity contribution in [3.63, 3.8) is 0 Å². The lowest BCUT2D eigenvalue weighted by molar-refractivity contribution is 0.285. The van der Waals surface area contributed by atoms with E-state index in [4.69, 9.17) is 4.74 Å². The molecule has 0 aliphatic carbocycles. The van der Waals surface area contributed by atoms with Crippen molar-refractivity contribution in [2.75, 3.05) is 13.2 Å². The monoisotopic (exact) mass is 285 g/mol. The van der Waals surface area contributed by atoms with Crippen LogP contribution in [-0.2, 0) is 13.0 Å². The third-order valence-corrected chi connectivity index (χ3v) is 3.31. The number of rotatable bonds is 8. The van der Waals surface area contributed by atoms with Crippen LogP contribution in [0, 0.1) is 6.92 Å². The Morgan fingerprint density at radius 2 is 2.00 bits per heavy atom. The van der Waals surface area contributed by atoms with E-state index < -0.39 is 0 Å². The molecule has 0 fully saturated rings. The lowest BCUT2D eigenvalue weighted by Crippen LogP contribution is -2.14. The van der Waals surface area contributed by atoms with Crippen LogP contribution in [0.3, 0.4) is 0 Å². The van der Waals surface area contributed by atoms with E-state index in [1.807, 2.05) is 19.2 Å². The Bertz CT molecular complexity index is 543. The minimum atomic E-state index is 0.473. The fourth-order valence-corrected chi connectivity index (χ4v) is 2.06. The second-order valence-corrected chi connectivity index (χ2v) is 4.98. The molecule has 0 aliphatic heterocycles. The maximum atomic E-state index is 5.63. The van der Waals surface area contributed by atoms with Crippen molar-refractivity contribution in [2.24, 2.45) is 0 Å². The van der Waals surface area contributed by atoms with Gasteiger partial charge in [0.15, 0.2) is 0 Å². The van der Waals surface area contributed by atoms with Crippen molar-refractivity contribution in [3.8, 4) is 6.01 Å². The molecule has 1 aromatic carbocycles. The van der Waals surface area contributed by atoms with Crippen molar-refractivity contribution in [1.82, 2.24) is 15.3 Å². The first-order valence-corrected chi connectivity index (χ1v) is 7.49. The van der Waals surface area contributed by atoms with E-state index in [0.717, 1.165) is 37.2 Å². The van der Waals surface area contributed by atoms with E-state index in [1.165, 1.54) is 5.56 Å². The summed E-state index contributed by atoms with van der Waals surface area (Å²) >= 11 is 0. The average molecular weight is 285 g/mol. The molecule has 1 aromatic heterocycles. The number of hydrogen-bond donors (Lipinski definition) is 1. The first-order chi connectivity index (χ1) is 10.3. The van der Waals surface area contributed by atoms with Gasteiger partial charge in [-0.3, -0.25) is 0 Å². The van der Waals surface area contributed by atoms with Gasteiger partial charge >= 0.3 is 6.01 Å². The molecule has 0 saturated carbocycles. The van der Waals surface area contributed by atoms with Crippen LogP contribution in [0.25, 0.3) is 0 Å². The highest BCUT2D eigenvalue weighted by molar-refractivity contribution is 5.17. The fraction of sp³-hybridized carbons (Fsp3) is 0.412. The molecular weight excluding hydrogens is 262 g/mol. The Kier molecular flexibility index (Phi) is 6.16. The third kappa shape index (κ3) is 5.16. The second kappa shape index (κ2) is 8.37. The molecule has 0 amide bonds. The number of hydrogen-bond acceptors (Lipinski definition) is 4. The van der Waals surface area contributed by atoms with E-state index in [9.17, 15) is 0 Å². The van der Waals surface area contributed by atoms with Crippen LogP contribution >= 0.6 is 0 Å². The summed E-state index contributed by atoms with van der Waals surface area (Å²) in [5, 5.41) is 3.27. The van der Waals surface area contributed by atoms with Crippen molar-refractivity contribution in [2.45, 2.75) is 33.2 Å². The lowest BCUT2D eigenvalue weighted by atomic mass is 10.1. The van der Waals surface area contributed by atoms with Gasteiger partial charge in [-0.15, -0.1) is 0 Å². The van der Waals surface area contributed by atoms with E-state index >= 15 is 0 Å². The van der Waals surface area contributed by atoms with E-state index in [-0.39, 0.29) is 0 Å². The molecule has 4 nitrogen and oxygen atoms in total. The molecular formula is C17H23N3O. The molecule has 0 bridgehead atoms. The molecule has 0 radical (unpaired) electrons. The summed E-state index contributed by atoms with van der Waals surface area (Å²) in [6, 6.07) is 10.9. The SMILES string of the molecule is CCNCc1cnc(OCCCc2ccccc2)nc1C. The zero-order chi connectivity index (χ0) is 14.9. The fourth-order valence-electron chi connectivity index (χ4n) is 2.06. The molecule has 21 heavy (non-hydrogen) atoms. The van der Waals surface area contributed by atoms with Crippen molar-refractivity contribution in [3.05, 3.63) is 53.3 Å². The largest absolute Gasteiger partial charge is 0.463 e. The quantitative estimate of drug-likeness (QED) is 0.758. The summed E-state index contributed by atoms with van der Waals surface area (Å²) in [5.74, 6) is 0. The van der Waals surface area contributed by atoms with Crippen LogP contribution in [0.1, 0.15) is 30.2 Å². The number of nitrogens with zero attached hydrogens (tertiary/aromatic N) is 2. The second-order valence-electron chi connectivity index (χ2n) is 4.98. The van der Waals surface area contributed by atoms with Crippen LogP contribution < -0.4 is 10.1 Å². The van der Waals surface area contributed by atoms with Crippen molar-refractivity contribution < 1.29 is 4.74 Å². The molecule has 0 spiro atoms. The number of aromatic nitrogens is 2. The standard InChI is InChI=1S/C17H23N3O/c1-3-18-12-16-13-19-17(20-14(16)2)21-11-7-10-15-8-5-4-6-9-15/h4-6,8-9,13,18H,3,7,10-12H2,1-2H3. The van der Waals surface area contributed by atoms with Crippen LogP contribution in [0.4, 0.5) is 0 Å². The molecule has 112 valence electrons. The molecule has 0 saturated heterocycles. The molecule has 1 heterocycles. The maximum Gasteiger partial charge on any atom is 0.316 e. The molecule has 0 atom stereocenters. The highest BCUT2D eigenvalue weighted by atomic mass is 16.5. The molecule has 2 rings (SSSR count). The molecule has 0 aliphatic rings. The summed E-state index contributed by atoms with van der Waals surface area (Å²) in [4.78, 5) is 8.66. The number of aryl methyl sites for hydroxylation is 2. The van der Waals surface area contributed by atoms with Crippen LogP contribution in [0.5, 0.6) is 6.01 Å². The predicted octanol–water partition coefficient (Wildman–Crippen LogP) is 2.91. The minimum Gasteiger partial charge on any atom is -0.463 e. The van der Waals surface area contributed by atoms with Gasteiger partial charge in [-0.1, -0.05) is 37.3 Å². The van der Waals surface area contributed by atoms with Gasteiger partial charge in [-0.25, -0.2) is 9.97 Å². The molecule has 4 heteroatoms. The highest BCUT2D eigenvalue weighted by Crippen LogP contribution is 2.09. The molecule has 0 unspecified atom stereocenters. The van der Waals surface area contributed by atoms with Gasteiger partial charge in [0.1, 0.15) is 0 Å². The van der Waals surface area contributed by atoms with Crippen molar-refractivity contribution in [1.29, 1.82) is 0 Å². The Labute approximate surface area is 126 Å². The summed E-state index contributed by atoms with van der Waals surface area (Å²) in [5.41, 5.74) is 3.43. The summed E-state index contributed by atoms with van der Waals surface area (Å²) in [6.07, 6.45) is 3.82. The first-order valence-electron chi connectivity index (χ1n) is 7.49. The van der Waals surface area contributed by atoms with Gasteiger partial charge in [0, 0.05) is 24.0 Å². The zero-order valence-corrected chi connectivity index (χ0v) is 12.8. The summed E-state index contributed by atoms with van der Waals surface area (Å²) in [7, 11) is 0. The van der Waals surface area contributed by atoms with Gasteiger partial charge in [0.25, 0.3) is 0 Å². The van der Waals surface area contributed by atoms with Crippen LogP contribution in [0.2, 0.25) is 0 Å². The van der Waals surface area contributed by atoms with E-state index in [1.54, 1.807) is 0 Å². The minimum absolute atomic E-state index is 0.473. The topological polar surface area (TPSA) is 47.0 Å². The average Bonchev–Trinajstić information content (AvgIpc) is 2.52. The summed E-state index contributed by atoms with van der Waals surface area (Å²) in [6.45, 7) is 6.46. The maximum absolute atomic E-state index is 5.63. The van der Waals surface area contributed by atoms with Gasteiger partial charge < -0.3 is 10.1 Å². The van der Waals surface area contributed by atoms with E-state index in [0.29, 0.717) is 12.6 Å². The zero-order valence-electron chi connectivity index (χ0n) is 12.8. The Morgan fingerprint density at radius 1 is 1.19 bits per heavy atom. The third-order valence-electron chi connectivity index (χ3n) is 3.31. The molecule has 1 N–H and O–H groups in total. The molecule has 2 aromatic rings. The van der Waals surface area contributed by atoms with Gasteiger partial charge in [0.05, 0.1) is 6.61 Å². The Morgan fingerprint density at radius 3 is 2.71 bits per heavy atom. The number of ether oxygens (including phenoxy) is 1. The highest BCUT2D eigenvalue weighted by Gasteiger charge is 2.04. The number of benzene rings is 1. The number of nitrogens with one attached hydrogen (secondary N) is 1. The summed E-state index contributed by atoms with van der Waals surface area (Å²) < 4.78 is 5.63.